The lowest BCUT2D eigenvalue weighted by Gasteiger charge is -2.26. The van der Waals surface area contributed by atoms with E-state index in [-0.39, 0.29) is 18.0 Å². The van der Waals surface area contributed by atoms with Gasteiger partial charge in [-0.05, 0) is 24.7 Å². The largest absolute Gasteiger partial charge is 0.462 e. The fraction of sp³-hybridized carbons (Fsp3) is 0.923. The van der Waals surface area contributed by atoms with Gasteiger partial charge < -0.3 is 4.74 Å². The molecular formula is C13H24O2. The van der Waals surface area contributed by atoms with Gasteiger partial charge in [0.25, 0.3) is 0 Å². The van der Waals surface area contributed by atoms with E-state index in [0.717, 1.165) is 12.8 Å². The quantitative estimate of drug-likeness (QED) is 0.668. The van der Waals surface area contributed by atoms with Gasteiger partial charge >= 0.3 is 5.97 Å². The topological polar surface area (TPSA) is 26.3 Å². The first-order chi connectivity index (χ1) is 7.02. The molecule has 0 radical (unpaired) electrons. The minimum Gasteiger partial charge on any atom is -0.462 e. The molecule has 0 saturated heterocycles. The summed E-state index contributed by atoms with van der Waals surface area (Å²) >= 11 is 0. The van der Waals surface area contributed by atoms with Gasteiger partial charge in [-0.25, -0.2) is 0 Å². The summed E-state index contributed by atoms with van der Waals surface area (Å²) in [5.74, 6) is 1.05. The lowest BCUT2D eigenvalue weighted by Crippen LogP contribution is -2.31. The van der Waals surface area contributed by atoms with Crippen molar-refractivity contribution in [3.05, 3.63) is 0 Å². The first kappa shape index (κ1) is 12.5. The Morgan fingerprint density at radius 3 is 1.93 bits per heavy atom. The molecule has 0 spiro atoms. The van der Waals surface area contributed by atoms with Crippen molar-refractivity contribution < 1.29 is 9.53 Å². The molecule has 15 heavy (non-hydrogen) atoms. The first-order valence-corrected chi connectivity index (χ1v) is 6.23. The highest BCUT2D eigenvalue weighted by Gasteiger charge is 2.28. The number of hydrogen-bond acceptors (Lipinski definition) is 2. The summed E-state index contributed by atoms with van der Waals surface area (Å²) in [6.07, 6.45) is 4.52. The molecule has 1 rings (SSSR count). The van der Waals surface area contributed by atoms with Gasteiger partial charge in [-0.3, -0.25) is 4.79 Å². The van der Waals surface area contributed by atoms with Gasteiger partial charge in [-0.2, -0.15) is 0 Å². The highest BCUT2D eigenvalue weighted by Crippen LogP contribution is 2.27. The average molecular weight is 212 g/mol. The van der Waals surface area contributed by atoms with E-state index in [1.54, 1.807) is 0 Å². The van der Waals surface area contributed by atoms with Gasteiger partial charge in [0.05, 0.1) is 5.92 Å². The second-order valence-electron chi connectivity index (χ2n) is 5.37. The van der Waals surface area contributed by atoms with Crippen LogP contribution >= 0.6 is 0 Å². The fourth-order valence-electron chi connectivity index (χ4n) is 2.43. The van der Waals surface area contributed by atoms with Crippen LogP contribution in [0.3, 0.4) is 0 Å². The summed E-state index contributed by atoms with van der Waals surface area (Å²) in [6.45, 7) is 8.47. The zero-order chi connectivity index (χ0) is 11.4. The van der Waals surface area contributed by atoms with Gasteiger partial charge in [0, 0.05) is 0 Å². The molecule has 2 heteroatoms. The van der Waals surface area contributed by atoms with Gasteiger partial charge in [0.15, 0.2) is 0 Å². The molecular weight excluding hydrogens is 188 g/mol. The summed E-state index contributed by atoms with van der Waals surface area (Å²) in [5.41, 5.74) is 0. The van der Waals surface area contributed by atoms with Crippen LogP contribution in [0.5, 0.6) is 0 Å². The first-order valence-electron chi connectivity index (χ1n) is 6.23. The summed E-state index contributed by atoms with van der Waals surface area (Å²) in [7, 11) is 0. The van der Waals surface area contributed by atoms with Crippen LogP contribution in [0, 0.1) is 17.8 Å². The van der Waals surface area contributed by atoms with Crippen molar-refractivity contribution in [1.29, 1.82) is 0 Å². The zero-order valence-electron chi connectivity index (χ0n) is 10.5. The van der Waals surface area contributed by atoms with Crippen LogP contribution in [-0.4, -0.2) is 12.1 Å². The minimum absolute atomic E-state index is 0.0416. The lowest BCUT2D eigenvalue weighted by atomic mass is 9.96. The highest BCUT2D eigenvalue weighted by atomic mass is 16.5. The van der Waals surface area contributed by atoms with E-state index in [9.17, 15) is 4.79 Å². The molecule has 0 N–H and O–H groups in total. The Labute approximate surface area is 93.4 Å². The highest BCUT2D eigenvalue weighted by molar-refractivity contribution is 5.72. The van der Waals surface area contributed by atoms with Crippen molar-refractivity contribution in [2.24, 2.45) is 17.8 Å². The van der Waals surface area contributed by atoms with Crippen LogP contribution in [0.15, 0.2) is 0 Å². The Kier molecular flexibility index (Phi) is 4.62. The van der Waals surface area contributed by atoms with Crippen LogP contribution in [0.2, 0.25) is 0 Å². The molecule has 0 heterocycles. The molecule has 0 unspecified atom stereocenters. The van der Waals surface area contributed by atoms with Crippen LogP contribution in [0.4, 0.5) is 0 Å². The Balaban J connectivity index is 2.46. The van der Waals surface area contributed by atoms with Crippen molar-refractivity contribution in [3.8, 4) is 0 Å². The Morgan fingerprint density at radius 1 is 1.07 bits per heavy atom. The van der Waals surface area contributed by atoms with Gasteiger partial charge in [0.1, 0.15) is 6.10 Å². The summed E-state index contributed by atoms with van der Waals surface area (Å²) < 4.78 is 5.62. The second kappa shape index (κ2) is 5.53. The molecule has 1 aliphatic carbocycles. The van der Waals surface area contributed by atoms with Crippen LogP contribution < -0.4 is 0 Å². The smallest absolute Gasteiger partial charge is 0.309 e. The molecule has 2 nitrogen and oxygen atoms in total. The third kappa shape index (κ3) is 3.51. The molecule has 1 aliphatic rings. The molecule has 0 aromatic carbocycles. The molecule has 0 aromatic rings. The number of carbonyl (C=O) groups is 1. The lowest BCUT2D eigenvalue weighted by molar-refractivity contribution is -0.158. The number of carbonyl (C=O) groups excluding carboxylic acids is 1. The summed E-state index contributed by atoms with van der Waals surface area (Å²) in [4.78, 5) is 11.8. The predicted octanol–water partition coefficient (Wildman–Crippen LogP) is 3.40. The van der Waals surface area contributed by atoms with Crippen molar-refractivity contribution in [2.45, 2.75) is 59.5 Å². The zero-order valence-corrected chi connectivity index (χ0v) is 10.5. The van der Waals surface area contributed by atoms with E-state index in [2.05, 4.69) is 27.7 Å². The van der Waals surface area contributed by atoms with E-state index < -0.39 is 0 Å². The van der Waals surface area contributed by atoms with Crippen molar-refractivity contribution >= 4 is 5.97 Å². The van der Waals surface area contributed by atoms with Gasteiger partial charge in [0.2, 0.25) is 0 Å². The second-order valence-corrected chi connectivity index (χ2v) is 5.37. The maximum atomic E-state index is 11.8. The Morgan fingerprint density at radius 2 is 1.53 bits per heavy atom. The number of rotatable bonds is 4. The molecule has 88 valence electrons. The molecule has 1 saturated carbocycles. The third-order valence-corrected chi connectivity index (χ3v) is 3.25. The predicted molar refractivity (Wildman–Crippen MR) is 61.5 cm³/mol. The van der Waals surface area contributed by atoms with Crippen LogP contribution in [0.25, 0.3) is 0 Å². The molecule has 0 aliphatic heterocycles. The van der Waals surface area contributed by atoms with E-state index in [4.69, 9.17) is 4.74 Å². The van der Waals surface area contributed by atoms with E-state index in [1.807, 2.05) is 0 Å². The van der Waals surface area contributed by atoms with Crippen LogP contribution in [0.1, 0.15) is 53.4 Å². The maximum Gasteiger partial charge on any atom is 0.309 e. The molecule has 1 fully saturated rings. The standard InChI is InChI=1S/C13H24O2/c1-9(2)12(10(3)4)15-13(14)11-7-5-6-8-11/h9-12H,5-8H2,1-4H3. The molecule has 0 atom stereocenters. The minimum atomic E-state index is 0.0416. The Hall–Kier alpha value is -0.530. The maximum absolute atomic E-state index is 11.8. The fourth-order valence-corrected chi connectivity index (χ4v) is 2.43. The van der Waals surface area contributed by atoms with Gasteiger partial charge in [-0.1, -0.05) is 40.5 Å². The summed E-state index contributed by atoms with van der Waals surface area (Å²) in [6, 6.07) is 0. The normalized spacial score (nSPS) is 18.1. The molecule has 0 bridgehead atoms. The van der Waals surface area contributed by atoms with Crippen molar-refractivity contribution in [2.75, 3.05) is 0 Å². The van der Waals surface area contributed by atoms with E-state index in [0.29, 0.717) is 11.8 Å². The SMILES string of the molecule is CC(C)C(OC(=O)C1CCCC1)C(C)C. The van der Waals surface area contributed by atoms with Crippen LogP contribution in [-0.2, 0) is 9.53 Å². The Bertz CT molecular complexity index is 195. The third-order valence-electron chi connectivity index (χ3n) is 3.25. The number of hydrogen-bond donors (Lipinski definition) is 0. The van der Waals surface area contributed by atoms with Crippen molar-refractivity contribution in [3.63, 3.8) is 0 Å². The monoisotopic (exact) mass is 212 g/mol. The van der Waals surface area contributed by atoms with E-state index >= 15 is 0 Å². The van der Waals surface area contributed by atoms with Crippen molar-refractivity contribution in [1.82, 2.24) is 0 Å². The number of ether oxygens (including phenoxy) is 1. The molecule has 0 aromatic heterocycles. The summed E-state index contributed by atoms with van der Waals surface area (Å²) in [5, 5.41) is 0. The van der Waals surface area contributed by atoms with E-state index in [1.165, 1.54) is 12.8 Å². The molecule has 0 amide bonds. The van der Waals surface area contributed by atoms with Gasteiger partial charge in [-0.15, -0.1) is 0 Å². The average Bonchev–Trinajstić information content (AvgIpc) is 2.65. The number of esters is 1.